The quantitative estimate of drug-likeness (QED) is 0.764. The zero-order chi connectivity index (χ0) is 13.5. The van der Waals surface area contributed by atoms with Crippen molar-refractivity contribution in [2.24, 2.45) is 5.92 Å². The number of amides is 1. The van der Waals surface area contributed by atoms with E-state index in [4.69, 9.17) is 5.11 Å². The molecule has 0 heterocycles. The number of hydrogen-bond donors (Lipinski definition) is 3. The van der Waals surface area contributed by atoms with Crippen LogP contribution in [0.3, 0.4) is 0 Å². The third kappa shape index (κ3) is 4.24. The maximum Gasteiger partial charge on any atom is 0.250 e. The van der Waals surface area contributed by atoms with E-state index in [1.54, 1.807) is 0 Å². The van der Waals surface area contributed by atoms with Gasteiger partial charge in [0, 0.05) is 6.54 Å². The zero-order valence-electron chi connectivity index (χ0n) is 11.2. The lowest BCUT2D eigenvalue weighted by atomic mass is 9.89. The van der Waals surface area contributed by atoms with E-state index in [0.29, 0.717) is 0 Å². The summed E-state index contributed by atoms with van der Waals surface area (Å²) in [5, 5.41) is 14.9. The Labute approximate surface area is 114 Å². The van der Waals surface area contributed by atoms with Gasteiger partial charge in [0.2, 0.25) is 5.91 Å². The first-order valence-electron chi connectivity index (χ1n) is 7.03. The Hall–Kier alpha value is -1.55. The molecule has 2 rings (SSSR count). The van der Waals surface area contributed by atoms with Crippen LogP contribution in [0.15, 0.2) is 24.3 Å². The fourth-order valence-electron chi connectivity index (χ4n) is 2.58. The van der Waals surface area contributed by atoms with Crippen LogP contribution in [0.5, 0.6) is 0 Å². The first kappa shape index (κ1) is 13.9. The third-order valence-electron chi connectivity index (χ3n) is 3.65. The molecule has 1 fully saturated rings. The molecule has 1 saturated carbocycles. The lowest BCUT2D eigenvalue weighted by Gasteiger charge is -2.23. The number of anilines is 2. The van der Waals surface area contributed by atoms with E-state index >= 15 is 0 Å². The van der Waals surface area contributed by atoms with Crippen LogP contribution in [0.1, 0.15) is 32.1 Å². The molecule has 0 spiro atoms. The predicted octanol–water partition coefficient (Wildman–Crippen LogP) is 2.61. The Kier molecular flexibility index (Phi) is 5.21. The van der Waals surface area contributed by atoms with Gasteiger partial charge in [-0.2, -0.15) is 0 Å². The fraction of sp³-hybridized carbons (Fsp3) is 0.533. The molecule has 0 radical (unpaired) electrons. The molecule has 1 amide bonds. The van der Waals surface area contributed by atoms with E-state index in [1.165, 1.54) is 32.1 Å². The monoisotopic (exact) mass is 262 g/mol. The van der Waals surface area contributed by atoms with Crippen LogP contribution >= 0.6 is 0 Å². The normalized spacial score (nSPS) is 16.1. The molecule has 1 aliphatic rings. The van der Waals surface area contributed by atoms with Gasteiger partial charge in [-0.1, -0.05) is 31.4 Å². The van der Waals surface area contributed by atoms with Gasteiger partial charge in [-0.3, -0.25) is 4.79 Å². The third-order valence-corrected chi connectivity index (χ3v) is 3.65. The molecule has 0 unspecified atom stereocenters. The highest BCUT2D eigenvalue weighted by molar-refractivity contribution is 5.94. The Balaban J connectivity index is 1.93. The summed E-state index contributed by atoms with van der Waals surface area (Å²) in [6.07, 6.45) is 6.60. The van der Waals surface area contributed by atoms with Crippen LogP contribution in [0.4, 0.5) is 11.4 Å². The van der Waals surface area contributed by atoms with Gasteiger partial charge in [-0.25, -0.2) is 0 Å². The summed E-state index contributed by atoms with van der Waals surface area (Å²) < 4.78 is 0. The van der Waals surface area contributed by atoms with E-state index < -0.39 is 6.61 Å². The Morgan fingerprint density at radius 3 is 2.53 bits per heavy atom. The maximum atomic E-state index is 11.3. The molecule has 4 heteroatoms. The first-order valence-corrected chi connectivity index (χ1v) is 7.03. The molecule has 3 N–H and O–H groups in total. The van der Waals surface area contributed by atoms with Gasteiger partial charge in [0.15, 0.2) is 0 Å². The molecule has 0 saturated heterocycles. The van der Waals surface area contributed by atoms with Crippen LogP contribution in [-0.4, -0.2) is 24.2 Å². The molecule has 1 aliphatic carbocycles. The van der Waals surface area contributed by atoms with Crippen molar-refractivity contribution in [2.45, 2.75) is 32.1 Å². The molecule has 0 aliphatic heterocycles. The summed E-state index contributed by atoms with van der Waals surface area (Å²) in [5.74, 6) is 0.349. The molecule has 1 aromatic rings. The Bertz CT molecular complexity index is 414. The second-order valence-electron chi connectivity index (χ2n) is 5.14. The predicted molar refractivity (Wildman–Crippen MR) is 77.2 cm³/mol. The van der Waals surface area contributed by atoms with Crippen molar-refractivity contribution in [1.82, 2.24) is 0 Å². The maximum absolute atomic E-state index is 11.3. The summed E-state index contributed by atoms with van der Waals surface area (Å²) >= 11 is 0. The number of carbonyl (C=O) groups excluding carboxylic acids is 1. The average Bonchev–Trinajstić information content (AvgIpc) is 2.47. The molecule has 104 valence electrons. The second kappa shape index (κ2) is 7.14. The first-order chi connectivity index (χ1) is 9.29. The molecular weight excluding hydrogens is 240 g/mol. The van der Waals surface area contributed by atoms with E-state index in [2.05, 4.69) is 10.6 Å². The van der Waals surface area contributed by atoms with Crippen molar-refractivity contribution >= 4 is 17.3 Å². The largest absolute Gasteiger partial charge is 0.387 e. The van der Waals surface area contributed by atoms with Gasteiger partial charge in [-0.05, 0) is 30.9 Å². The zero-order valence-corrected chi connectivity index (χ0v) is 11.2. The smallest absolute Gasteiger partial charge is 0.250 e. The van der Waals surface area contributed by atoms with Gasteiger partial charge in [0.05, 0.1) is 11.4 Å². The van der Waals surface area contributed by atoms with Crippen LogP contribution < -0.4 is 10.6 Å². The van der Waals surface area contributed by atoms with Gasteiger partial charge in [0.25, 0.3) is 0 Å². The number of carbonyl (C=O) groups is 1. The van der Waals surface area contributed by atoms with Gasteiger partial charge < -0.3 is 15.7 Å². The molecule has 19 heavy (non-hydrogen) atoms. The summed E-state index contributed by atoms with van der Waals surface area (Å²) in [7, 11) is 0. The van der Waals surface area contributed by atoms with Crippen molar-refractivity contribution in [2.75, 3.05) is 23.8 Å². The van der Waals surface area contributed by atoms with Crippen molar-refractivity contribution in [1.29, 1.82) is 0 Å². The Morgan fingerprint density at radius 2 is 1.84 bits per heavy atom. The standard InChI is InChI=1S/C15H22N2O2/c18-11-15(19)17-14-9-5-4-8-13(14)16-10-12-6-2-1-3-7-12/h4-5,8-9,12,16,18H,1-3,6-7,10-11H2,(H,17,19). The van der Waals surface area contributed by atoms with Crippen molar-refractivity contribution < 1.29 is 9.90 Å². The summed E-state index contributed by atoms with van der Waals surface area (Å²) in [4.78, 5) is 11.3. The number of nitrogens with one attached hydrogen (secondary N) is 2. The van der Waals surface area contributed by atoms with E-state index in [9.17, 15) is 4.79 Å². The highest BCUT2D eigenvalue weighted by Crippen LogP contribution is 2.26. The molecular formula is C15H22N2O2. The minimum absolute atomic E-state index is 0.382. The topological polar surface area (TPSA) is 61.4 Å². The van der Waals surface area contributed by atoms with E-state index in [1.807, 2.05) is 24.3 Å². The van der Waals surface area contributed by atoms with Crippen molar-refractivity contribution in [3.8, 4) is 0 Å². The number of hydrogen-bond acceptors (Lipinski definition) is 3. The lowest BCUT2D eigenvalue weighted by molar-refractivity contribution is -0.118. The number of aliphatic hydroxyl groups excluding tert-OH is 1. The van der Waals surface area contributed by atoms with Crippen LogP contribution in [-0.2, 0) is 4.79 Å². The number of benzene rings is 1. The molecule has 0 atom stereocenters. The van der Waals surface area contributed by atoms with Gasteiger partial charge in [-0.15, -0.1) is 0 Å². The molecule has 4 nitrogen and oxygen atoms in total. The number of aliphatic hydroxyl groups is 1. The number of rotatable bonds is 5. The fourth-order valence-corrected chi connectivity index (χ4v) is 2.58. The van der Waals surface area contributed by atoms with Crippen LogP contribution in [0.2, 0.25) is 0 Å². The minimum atomic E-state index is -0.489. The van der Waals surface area contributed by atoms with Gasteiger partial charge in [0.1, 0.15) is 6.61 Å². The second-order valence-corrected chi connectivity index (χ2v) is 5.14. The molecule has 1 aromatic carbocycles. The van der Waals surface area contributed by atoms with E-state index in [0.717, 1.165) is 23.8 Å². The number of para-hydroxylation sites is 2. The molecule has 0 bridgehead atoms. The lowest BCUT2D eigenvalue weighted by Crippen LogP contribution is -2.20. The van der Waals surface area contributed by atoms with Crippen LogP contribution in [0, 0.1) is 5.92 Å². The van der Waals surface area contributed by atoms with Crippen molar-refractivity contribution in [3.05, 3.63) is 24.3 Å². The average molecular weight is 262 g/mol. The SMILES string of the molecule is O=C(CO)Nc1ccccc1NCC1CCCCC1. The highest BCUT2D eigenvalue weighted by Gasteiger charge is 2.13. The minimum Gasteiger partial charge on any atom is -0.387 e. The van der Waals surface area contributed by atoms with Gasteiger partial charge >= 0.3 is 0 Å². The summed E-state index contributed by atoms with van der Waals surface area (Å²) in [5.41, 5.74) is 1.66. The molecule has 0 aromatic heterocycles. The van der Waals surface area contributed by atoms with Crippen molar-refractivity contribution in [3.63, 3.8) is 0 Å². The van der Waals surface area contributed by atoms with Crippen LogP contribution in [0.25, 0.3) is 0 Å². The Morgan fingerprint density at radius 1 is 1.16 bits per heavy atom. The van der Waals surface area contributed by atoms with E-state index in [-0.39, 0.29) is 5.91 Å². The highest BCUT2D eigenvalue weighted by atomic mass is 16.3. The summed E-state index contributed by atoms with van der Waals surface area (Å²) in [6.45, 7) is 0.461. The summed E-state index contributed by atoms with van der Waals surface area (Å²) in [6, 6.07) is 7.61.